The van der Waals surface area contributed by atoms with E-state index in [-0.39, 0.29) is 0 Å². The molecule has 0 radical (unpaired) electrons. The van der Waals surface area contributed by atoms with Crippen molar-refractivity contribution in [3.05, 3.63) is 243 Å². The normalized spacial score (nSPS) is 11.7. The highest BCUT2D eigenvalue weighted by atomic mass is 16.3. The second-order valence-corrected chi connectivity index (χ2v) is 16.8. The Bertz CT molecular complexity index is 3900. The van der Waals surface area contributed by atoms with Crippen LogP contribution in [0.3, 0.4) is 0 Å². The summed E-state index contributed by atoms with van der Waals surface area (Å²) in [6.07, 6.45) is 0. The van der Waals surface area contributed by atoms with Gasteiger partial charge >= 0.3 is 0 Å². The first-order chi connectivity index (χ1) is 32.2. The number of furan rings is 1. The van der Waals surface area contributed by atoms with Crippen molar-refractivity contribution in [3.8, 4) is 39.1 Å². The summed E-state index contributed by atoms with van der Waals surface area (Å²) in [5.74, 6) is 0. The van der Waals surface area contributed by atoms with Crippen LogP contribution in [0.25, 0.3) is 104 Å². The minimum absolute atomic E-state index is 0.899. The Morgan fingerprint density at radius 1 is 0.323 bits per heavy atom. The summed E-state index contributed by atoms with van der Waals surface area (Å²) < 4.78 is 8.92. The van der Waals surface area contributed by atoms with Crippen molar-refractivity contribution in [1.29, 1.82) is 0 Å². The summed E-state index contributed by atoms with van der Waals surface area (Å²) >= 11 is 0. The van der Waals surface area contributed by atoms with Crippen molar-refractivity contribution >= 4 is 82.4 Å². The number of nitrogens with zero attached hydrogens (tertiary/aromatic N) is 2. The lowest BCUT2D eigenvalue weighted by atomic mass is 9.97. The maximum atomic E-state index is 6.49. The number of hydrogen-bond donors (Lipinski definition) is 0. The standard InChI is InChI=1S/C62H40N2O/c1-2-15-48-42(14-1)28-29-45-40-44(34-39-49(45)48)41-30-35-46(36-31-41)63(47-37-32-43(33-38-47)50-21-13-22-56-55-20-7-12-27-61(55)65-62(50)56)57-23-8-3-16-51(57)52-17-4-9-24-58(52)64-59-25-10-5-18-53(59)54-19-6-11-26-60(54)64/h1-40H. The molecule has 3 heteroatoms. The lowest BCUT2D eigenvalue weighted by Crippen LogP contribution is -2.11. The van der Waals surface area contributed by atoms with E-state index in [1.807, 2.05) is 12.1 Å². The van der Waals surface area contributed by atoms with Gasteiger partial charge in [-0.2, -0.15) is 0 Å². The van der Waals surface area contributed by atoms with Crippen LogP contribution in [0.15, 0.2) is 247 Å². The molecule has 0 aliphatic heterocycles. The zero-order chi connectivity index (χ0) is 42.8. The summed E-state index contributed by atoms with van der Waals surface area (Å²) in [5, 5.41) is 9.78. The molecule has 0 unspecified atom stereocenters. The number of hydrogen-bond acceptors (Lipinski definition) is 2. The molecule has 3 nitrogen and oxygen atoms in total. The van der Waals surface area contributed by atoms with Gasteiger partial charge in [-0.25, -0.2) is 0 Å². The lowest BCUT2D eigenvalue weighted by molar-refractivity contribution is 0.670. The van der Waals surface area contributed by atoms with Crippen molar-refractivity contribution in [3.63, 3.8) is 0 Å². The minimum atomic E-state index is 0.899. The van der Waals surface area contributed by atoms with Crippen molar-refractivity contribution < 1.29 is 4.42 Å². The monoisotopic (exact) mass is 828 g/mol. The number of rotatable bonds is 7. The molecule has 0 aliphatic rings. The van der Waals surface area contributed by atoms with Crippen LogP contribution in [0.5, 0.6) is 0 Å². The molecular formula is C62H40N2O. The smallest absolute Gasteiger partial charge is 0.143 e. The van der Waals surface area contributed by atoms with E-state index in [2.05, 4.69) is 240 Å². The maximum absolute atomic E-state index is 6.49. The first kappa shape index (κ1) is 36.9. The van der Waals surface area contributed by atoms with Gasteiger partial charge in [0.15, 0.2) is 0 Å². The molecule has 0 saturated carbocycles. The van der Waals surface area contributed by atoms with Gasteiger partial charge in [0.2, 0.25) is 0 Å². The Hall–Kier alpha value is -8.66. The van der Waals surface area contributed by atoms with E-state index < -0.39 is 0 Å². The molecule has 2 aromatic heterocycles. The number of benzene rings is 11. The SMILES string of the molecule is c1ccc(N(c2ccc(-c3ccc4c(ccc5ccccc54)c3)cc2)c2ccc(-c3cccc4c3oc3ccccc34)cc2)c(-c2ccccc2-n2c3ccccc3c3ccccc32)c1. The van der Waals surface area contributed by atoms with E-state index in [0.717, 1.165) is 66.9 Å². The van der Waals surface area contributed by atoms with Crippen molar-refractivity contribution in [2.75, 3.05) is 4.90 Å². The third kappa shape index (κ3) is 6.05. The van der Waals surface area contributed by atoms with Crippen LogP contribution in [-0.2, 0) is 0 Å². The molecule has 65 heavy (non-hydrogen) atoms. The quantitative estimate of drug-likeness (QED) is 0.149. The van der Waals surface area contributed by atoms with Crippen LogP contribution in [0, 0.1) is 0 Å². The molecule has 2 heterocycles. The first-order valence-electron chi connectivity index (χ1n) is 22.2. The van der Waals surface area contributed by atoms with E-state index in [1.165, 1.54) is 54.5 Å². The van der Waals surface area contributed by atoms with Crippen LogP contribution >= 0.6 is 0 Å². The number of aromatic nitrogens is 1. The second-order valence-electron chi connectivity index (χ2n) is 16.8. The average molecular weight is 829 g/mol. The Morgan fingerprint density at radius 3 is 1.63 bits per heavy atom. The van der Waals surface area contributed by atoms with Crippen LogP contribution in [0.1, 0.15) is 0 Å². The predicted molar refractivity (Wildman–Crippen MR) is 274 cm³/mol. The third-order valence-electron chi connectivity index (χ3n) is 13.2. The highest BCUT2D eigenvalue weighted by Crippen LogP contribution is 2.45. The zero-order valence-corrected chi connectivity index (χ0v) is 35.4. The highest BCUT2D eigenvalue weighted by Gasteiger charge is 2.22. The van der Waals surface area contributed by atoms with Gasteiger partial charge < -0.3 is 13.9 Å². The van der Waals surface area contributed by atoms with E-state index in [1.54, 1.807) is 0 Å². The third-order valence-corrected chi connectivity index (χ3v) is 13.2. The molecule has 0 aliphatic carbocycles. The number of para-hydroxylation sites is 6. The van der Waals surface area contributed by atoms with Gasteiger partial charge in [0, 0.05) is 49.6 Å². The molecular weight excluding hydrogens is 789 g/mol. The summed E-state index contributed by atoms with van der Waals surface area (Å²) in [7, 11) is 0. The van der Waals surface area contributed by atoms with Gasteiger partial charge in [-0.3, -0.25) is 0 Å². The van der Waals surface area contributed by atoms with Gasteiger partial charge in [0.25, 0.3) is 0 Å². The number of fused-ring (bicyclic) bond motifs is 9. The predicted octanol–water partition coefficient (Wildman–Crippen LogP) is 17.5. The van der Waals surface area contributed by atoms with E-state index in [0.29, 0.717) is 0 Å². The molecule has 0 fully saturated rings. The van der Waals surface area contributed by atoms with Crippen molar-refractivity contribution in [1.82, 2.24) is 4.57 Å². The van der Waals surface area contributed by atoms with E-state index in [4.69, 9.17) is 4.42 Å². The van der Waals surface area contributed by atoms with Gasteiger partial charge in [0.05, 0.1) is 22.4 Å². The van der Waals surface area contributed by atoms with Crippen LogP contribution < -0.4 is 4.90 Å². The first-order valence-corrected chi connectivity index (χ1v) is 22.2. The maximum Gasteiger partial charge on any atom is 0.143 e. The fourth-order valence-electron chi connectivity index (χ4n) is 10.2. The van der Waals surface area contributed by atoms with Crippen molar-refractivity contribution in [2.24, 2.45) is 0 Å². The van der Waals surface area contributed by atoms with Crippen LogP contribution in [-0.4, -0.2) is 4.57 Å². The number of anilines is 3. The molecule has 0 amide bonds. The van der Waals surface area contributed by atoms with Crippen LogP contribution in [0.4, 0.5) is 17.1 Å². The average Bonchev–Trinajstić information content (AvgIpc) is 3.93. The molecule has 13 aromatic rings. The summed E-state index contributed by atoms with van der Waals surface area (Å²) in [6, 6.07) is 87.7. The van der Waals surface area contributed by atoms with Gasteiger partial charge in [0.1, 0.15) is 11.2 Å². The van der Waals surface area contributed by atoms with Gasteiger partial charge in [-0.15, -0.1) is 0 Å². The van der Waals surface area contributed by atoms with Gasteiger partial charge in [-0.05, 0) is 98.9 Å². The van der Waals surface area contributed by atoms with Crippen LogP contribution in [0.2, 0.25) is 0 Å². The Labute approximate surface area is 376 Å². The van der Waals surface area contributed by atoms with Crippen molar-refractivity contribution in [2.45, 2.75) is 0 Å². The summed E-state index contributed by atoms with van der Waals surface area (Å²) in [5.41, 5.74) is 15.3. The fraction of sp³-hybridized carbons (Fsp3) is 0. The fourth-order valence-corrected chi connectivity index (χ4v) is 10.2. The largest absolute Gasteiger partial charge is 0.455 e. The second kappa shape index (κ2) is 15.0. The Balaban J connectivity index is 0.966. The minimum Gasteiger partial charge on any atom is -0.455 e. The molecule has 0 spiro atoms. The Kier molecular flexibility index (Phi) is 8.53. The molecule has 0 saturated heterocycles. The van der Waals surface area contributed by atoms with Gasteiger partial charge in [-0.1, -0.05) is 182 Å². The highest BCUT2D eigenvalue weighted by molar-refractivity contribution is 6.12. The lowest BCUT2D eigenvalue weighted by Gasteiger charge is -2.29. The molecule has 0 bridgehead atoms. The summed E-state index contributed by atoms with van der Waals surface area (Å²) in [6.45, 7) is 0. The summed E-state index contributed by atoms with van der Waals surface area (Å²) in [4.78, 5) is 2.40. The molecule has 0 N–H and O–H groups in total. The molecule has 11 aromatic carbocycles. The molecule has 13 rings (SSSR count). The van der Waals surface area contributed by atoms with E-state index >= 15 is 0 Å². The Morgan fingerprint density at radius 2 is 0.862 bits per heavy atom. The van der Waals surface area contributed by atoms with E-state index in [9.17, 15) is 0 Å². The topological polar surface area (TPSA) is 21.3 Å². The molecule has 304 valence electrons. The zero-order valence-electron chi connectivity index (χ0n) is 35.4. The molecule has 0 atom stereocenters.